The molecule has 1 aliphatic heterocycles. The molecular weight excluding hydrogens is 432 g/mol. The summed E-state index contributed by atoms with van der Waals surface area (Å²) in [6, 6.07) is 8.66. The van der Waals surface area contributed by atoms with Crippen molar-refractivity contribution < 1.29 is 22.9 Å². The molecular formula is C18H20N4O6S2. The van der Waals surface area contributed by atoms with Crippen molar-refractivity contribution in [3.63, 3.8) is 0 Å². The summed E-state index contributed by atoms with van der Waals surface area (Å²) < 4.78 is 26.8. The van der Waals surface area contributed by atoms with Crippen LogP contribution in [0, 0.1) is 10.1 Å². The van der Waals surface area contributed by atoms with Crippen molar-refractivity contribution >= 4 is 38.9 Å². The van der Waals surface area contributed by atoms with Gasteiger partial charge in [0, 0.05) is 45.2 Å². The molecule has 0 bridgehead atoms. The van der Waals surface area contributed by atoms with E-state index in [-0.39, 0.29) is 55.9 Å². The Balaban J connectivity index is 1.53. The molecule has 2 aromatic rings. The molecule has 0 radical (unpaired) electrons. The van der Waals surface area contributed by atoms with Gasteiger partial charge < -0.3 is 10.2 Å². The number of amides is 2. The van der Waals surface area contributed by atoms with Crippen LogP contribution < -0.4 is 5.32 Å². The molecule has 2 amide bonds. The standard InChI is InChI=1S/C18H20N4O6S2/c23-17(7-8-19-18(24)15-5-3-13-29-15)20-9-11-21(12-10-20)30(27,28)16-6-2-1-4-14(16)22(25)26/h1-6,13H,7-12H2,(H,19,24). The number of hydrogen-bond acceptors (Lipinski definition) is 7. The first-order chi connectivity index (χ1) is 14.3. The van der Waals surface area contributed by atoms with Crippen LogP contribution in [0.1, 0.15) is 16.1 Å². The average Bonchev–Trinajstić information content (AvgIpc) is 3.28. The third-order valence-electron chi connectivity index (χ3n) is 4.64. The third kappa shape index (κ3) is 4.83. The molecule has 1 fully saturated rings. The van der Waals surface area contributed by atoms with Crippen LogP contribution in [0.5, 0.6) is 0 Å². The van der Waals surface area contributed by atoms with Crippen molar-refractivity contribution in [1.29, 1.82) is 0 Å². The smallest absolute Gasteiger partial charge is 0.289 e. The van der Waals surface area contributed by atoms with Crippen LogP contribution in [0.4, 0.5) is 5.69 Å². The molecule has 10 nitrogen and oxygen atoms in total. The van der Waals surface area contributed by atoms with Crippen LogP contribution in [0.2, 0.25) is 0 Å². The Kier molecular flexibility index (Phi) is 6.80. The van der Waals surface area contributed by atoms with Crippen LogP contribution in [0.3, 0.4) is 0 Å². The summed E-state index contributed by atoms with van der Waals surface area (Å²) in [6.45, 7) is 0.628. The van der Waals surface area contributed by atoms with E-state index < -0.39 is 20.6 Å². The molecule has 0 saturated carbocycles. The lowest BCUT2D eigenvalue weighted by atomic mass is 10.3. The van der Waals surface area contributed by atoms with Gasteiger partial charge in [-0.1, -0.05) is 18.2 Å². The van der Waals surface area contributed by atoms with Crippen molar-refractivity contribution in [3.05, 3.63) is 56.8 Å². The number of benzene rings is 1. The first-order valence-electron chi connectivity index (χ1n) is 9.14. The Morgan fingerprint density at radius 1 is 1.10 bits per heavy atom. The Labute approximate surface area is 177 Å². The van der Waals surface area contributed by atoms with Gasteiger partial charge in [0.15, 0.2) is 4.90 Å². The molecule has 1 saturated heterocycles. The predicted octanol–water partition coefficient (Wildman–Crippen LogP) is 1.31. The average molecular weight is 453 g/mol. The van der Waals surface area contributed by atoms with Gasteiger partial charge in [-0.3, -0.25) is 19.7 Å². The number of carbonyl (C=O) groups is 2. The van der Waals surface area contributed by atoms with Gasteiger partial charge in [-0.15, -0.1) is 11.3 Å². The fourth-order valence-corrected chi connectivity index (χ4v) is 5.30. The Morgan fingerprint density at radius 3 is 2.43 bits per heavy atom. The van der Waals surface area contributed by atoms with Gasteiger partial charge in [-0.25, -0.2) is 8.42 Å². The number of hydrogen-bond donors (Lipinski definition) is 1. The molecule has 0 aliphatic carbocycles. The minimum Gasteiger partial charge on any atom is -0.351 e. The van der Waals surface area contributed by atoms with Crippen LogP contribution in [0.15, 0.2) is 46.7 Å². The number of rotatable bonds is 7. The minimum absolute atomic E-state index is 0.0433. The highest BCUT2D eigenvalue weighted by molar-refractivity contribution is 7.89. The van der Waals surface area contributed by atoms with E-state index in [0.717, 1.165) is 10.4 Å². The fourth-order valence-electron chi connectivity index (χ4n) is 3.08. The zero-order valence-corrected chi connectivity index (χ0v) is 17.5. The summed E-state index contributed by atoms with van der Waals surface area (Å²) in [5, 5.41) is 15.6. The van der Waals surface area contributed by atoms with Crippen molar-refractivity contribution in [2.24, 2.45) is 0 Å². The van der Waals surface area contributed by atoms with Crippen LogP contribution in [-0.4, -0.2) is 67.1 Å². The molecule has 0 spiro atoms. The van der Waals surface area contributed by atoms with Crippen LogP contribution >= 0.6 is 11.3 Å². The molecule has 12 heteroatoms. The molecule has 1 aromatic carbocycles. The molecule has 2 heterocycles. The third-order valence-corrected chi connectivity index (χ3v) is 7.46. The quantitative estimate of drug-likeness (QED) is 0.498. The molecule has 160 valence electrons. The molecule has 3 rings (SSSR count). The SMILES string of the molecule is O=C(NCCC(=O)N1CCN(S(=O)(=O)c2ccccc2[N+](=O)[O-])CC1)c1cccs1. The maximum Gasteiger partial charge on any atom is 0.289 e. The number of para-hydroxylation sites is 1. The fraction of sp³-hybridized carbons (Fsp3) is 0.333. The number of thiophene rings is 1. The zero-order chi connectivity index (χ0) is 21.7. The Morgan fingerprint density at radius 2 is 1.80 bits per heavy atom. The van der Waals surface area contributed by atoms with Crippen LogP contribution in [-0.2, 0) is 14.8 Å². The van der Waals surface area contributed by atoms with E-state index in [1.54, 1.807) is 17.5 Å². The first-order valence-corrected chi connectivity index (χ1v) is 11.5. The van der Waals surface area contributed by atoms with Crippen molar-refractivity contribution in [3.8, 4) is 0 Å². The predicted molar refractivity (Wildman–Crippen MR) is 110 cm³/mol. The van der Waals surface area contributed by atoms with E-state index in [2.05, 4.69) is 5.32 Å². The zero-order valence-electron chi connectivity index (χ0n) is 15.9. The second-order valence-corrected chi connectivity index (χ2v) is 9.35. The highest BCUT2D eigenvalue weighted by Gasteiger charge is 2.34. The van der Waals surface area contributed by atoms with Gasteiger partial charge in [0.1, 0.15) is 0 Å². The van der Waals surface area contributed by atoms with Crippen molar-refractivity contribution in [2.45, 2.75) is 11.3 Å². The molecule has 1 N–H and O–H groups in total. The molecule has 1 aromatic heterocycles. The van der Waals surface area contributed by atoms with Gasteiger partial charge in [0.25, 0.3) is 11.6 Å². The molecule has 0 atom stereocenters. The highest BCUT2D eigenvalue weighted by atomic mass is 32.2. The van der Waals surface area contributed by atoms with Crippen molar-refractivity contribution in [1.82, 2.24) is 14.5 Å². The number of nitrogens with one attached hydrogen (secondary N) is 1. The maximum atomic E-state index is 12.8. The topological polar surface area (TPSA) is 130 Å². The minimum atomic E-state index is -4.04. The van der Waals surface area contributed by atoms with Gasteiger partial charge in [-0.05, 0) is 17.5 Å². The number of carbonyl (C=O) groups excluding carboxylic acids is 2. The summed E-state index contributed by atoms with van der Waals surface area (Å²) in [5.74, 6) is -0.428. The molecule has 30 heavy (non-hydrogen) atoms. The van der Waals surface area contributed by atoms with Crippen LogP contribution in [0.25, 0.3) is 0 Å². The highest BCUT2D eigenvalue weighted by Crippen LogP contribution is 2.26. The van der Waals surface area contributed by atoms with E-state index in [1.807, 2.05) is 0 Å². The normalized spacial score (nSPS) is 15.0. The second-order valence-electron chi connectivity index (χ2n) is 6.49. The summed E-state index contributed by atoms with van der Waals surface area (Å²) >= 11 is 1.31. The lowest BCUT2D eigenvalue weighted by Crippen LogP contribution is -2.50. The van der Waals surface area contributed by atoms with E-state index in [9.17, 15) is 28.1 Å². The van der Waals surface area contributed by atoms with Gasteiger partial charge in [0.05, 0.1) is 9.80 Å². The number of sulfonamides is 1. The summed E-state index contributed by atoms with van der Waals surface area (Å²) in [4.78, 5) is 36.4. The first kappa shape index (κ1) is 21.9. The number of nitro groups is 1. The van der Waals surface area contributed by atoms with Gasteiger partial charge in [0.2, 0.25) is 15.9 Å². The Hall–Kier alpha value is -2.83. The second kappa shape index (κ2) is 9.32. The lowest BCUT2D eigenvalue weighted by Gasteiger charge is -2.34. The maximum absolute atomic E-state index is 12.8. The molecule has 1 aliphatic rings. The van der Waals surface area contributed by atoms with Gasteiger partial charge >= 0.3 is 0 Å². The lowest BCUT2D eigenvalue weighted by molar-refractivity contribution is -0.387. The summed E-state index contributed by atoms with van der Waals surface area (Å²) in [5.41, 5.74) is -0.475. The number of nitro benzene ring substituents is 1. The summed E-state index contributed by atoms with van der Waals surface area (Å²) in [7, 11) is -4.04. The number of nitrogens with zero attached hydrogens (tertiary/aromatic N) is 3. The number of piperazine rings is 1. The largest absolute Gasteiger partial charge is 0.351 e. The van der Waals surface area contributed by atoms with Gasteiger partial charge in [-0.2, -0.15) is 4.31 Å². The van der Waals surface area contributed by atoms with Crippen molar-refractivity contribution in [2.75, 3.05) is 32.7 Å². The Bertz CT molecular complexity index is 1030. The van der Waals surface area contributed by atoms with E-state index >= 15 is 0 Å². The van der Waals surface area contributed by atoms with E-state index in [1.165, 1.54) is 34.4 Å². The van der Waals surface area contributed by atoms with E-state index in [4.69, 9.17) is 0 Å². The molecule has 0 unspecified atom stereocenters. The monoisotopic (exact) mass is 452 g/mol. The summed E-state index contributed by atoms with van der Waals surface area (Å²) in [6.07, 6.45) is 0.105. The van der Waals surface area contributed by atoms with E-state index in [0.29, 0.717) is 4.88 Å².